The summed E-state index contributed by atoms with van der Waals surface area (Å²) in [5.41, 5.74) is 3.71. The van der Waals surface area contributed by atoms with Gasteiger partial charge in [0.25, 0.3) is 0 Å². The lowest BCUT2D eigenvalue weighted by atomic mass is 10.1. The summed E-state index contributed by atoms with van der Waals surface area (Å²) < 4.78 is 20.3. The monoisotopic (exact) mass is 354 g/mol. The number of esters is 3. The fourth-order valence-corrected chi connectivity index (χ4v) is 2.87. The van der Waals surface area contributed by atoms with Crippen LogP contribution in [0.3, 0.4) is 0 Å². The molecule has 0 saturated carbocycles. The van der Waals surface area contributed by atoms with Crippen molar-refractivity contribution in [2.24, 2.45) is 0 Å². The molecule has 132 valence electrons. The van der Waals surface area contributed by atoms with E-state index in [0.29, 0.717) is 22.3 Å². The highest BCUT2D eigenvalue weighted by Crippen LogP contribution is 2.22. The largest absolute Gasteiger partial charge is 0.457 e. The summed E-state index contributed by atoms with van der Waals surface area (Å²) in [4.78, 5) is 34.8. The van der Waals surface area contributed by atoms with Crippen molar-refractivity contribution in [2.75, 3.05) is 6.79 Å². The van der Waals surface area contributed by atoms with Crippen LogP contribution >= 0.6 is 0 Å². The molecular weight excluding hydrogens is 340 g/mol. The van der Waals surface area contributed by atoms with Crippen LogP contribution in [0.25, 0.3) is 0 Å². The molecule has 0 atom stereocenters. The number of ether oxygens (including phenoxy) is 4. The molecule has 7 heteroatoms. The van der Waals surface area contributed by atoms with Crippen LogP contribution in [0.2, 0.25) is 0 Å². The molecule has 4 rings (SSSR count). The van der Waals surface area contributed by atoms with E-state index >= 15 is 0 Å². The van der Waals surface area contributed by atoms with Crippen LogP contribution in [0.5, 0.6) is 0 Å². The van der Waals surface area contributed by atoms with Gasteiger partial charge in [0.15, 0.2) is 6.79 Å². The lowest BCUT2D eigenvalue weighted by Gasteiger charge is -2.07. The van der Waals surface area contributed by atoms with Gasteiger partial charge in [-0.25, -0.2) is 14.4 Å². The number of fused-ring (bicyclic) bond motifs is 2. The van der Waals surface area contributed by atoms with Crippen molar-refractivity contribution >= 4 is 17.9 Å². The third-order valence-corrected chi connectivity index (χ3v) is 4.21. The van der Waals surface area contributed by atoms with Gasteiger partial charge < -0.3 is 18.9 Å². The molecule has 0 N–H and O–H groups in total. The number of carbonyl (C=O) groups is 3. The molecule has 0 aromatic heterocycles. The van der Waals surface area contributed by atoms with Gasteiger partial charge in [0.05, 0.1) is 23.3 Å². The molecule has 0 amide bonds. The first-order valence-electron chi connectivity index (χ1n) is 7.95. The summed E-state index contributed by atoms with van der Waals surface area (Å²) >= 11 is 0. The zero-order valence-electron chi connectivity index (χ0n) is 13.7. The molecule has 0 fully saturated rings. The highest BCUT2D eigenvalue weighted by atomic mass is 16.7. The minimum atomic E-state index is -0.542. The molecule has 2 aromatic rings. The first kappa shape index (κ1) is 16.3. The van der Waals surface area contributed by atoms with Crippen molar-refractivity contribution in [3.8, 4) is 0 Å². The van der Waals surface area contributed by atoms with E-state index in [0.717, 1.165) is 11.1 Å². The number of hydrogen-bond acceptors (Lipinski definition) is 7. The second-order valence-corrected chi connectivity index (χ2v) is 5.91. The Labute approximate surface area is 148 Å². The second-order valence-electron chi connectivity index (χ2n) is 5.91. The van der Waals surface area contributed by atoms with Gasteiger partial charge >= 0.3 is 17.9 Å². The van der Waals surface area contributed by atoms with Gasteiger partial charge in [-0.05, 0) is 35.9 Å². The standard InChI is InChI=1S/C19H14O7/c20-17(12-2-4-16-14(6-12)9-25-19(16)22)26-10-23-7-11-1-3-15-13(5-11)8-24-18(15)21/h1-6H,7-10H2. The maximum atomic E-state index is 12.0. The molecule has 0 aliphatic carbocycles. The predicted molar refractivity (Wildman–Crippen MR) is 86.2 cm³/mol. The van der Waals surface area contributed by atoms with E-state index in [1.165, 1.54) is 6.07 Å². The maximum absolute atomic E-state index is 12.0. The molecule has 2 heterocycles. The Balaban J connectivity index is 1.29. The minimum absolute atomic E-state index is 0.163. The van der Waals surface area contributed by atoms with Crippen LogP contribution in [-0.4, -0.2) is 24.7 Å². The first-order valence-corrected chi connectivity index (χ1v) is 7.95. The van der Waals surface area contributed by atoms with Gasteiger partial charge in [-0.15, -0.1) is 0 Å². The molecule has 0 spiro atoms. The maximum Gasteiger partial charge on any atom is 0.340 e. The number of benzene rings is 2. The molecule has 2 aliphatic rings. The summed E-state index contributed by atoms with van der Waals surface area (Å²) in [5.74, 6) is -1.24. The Morgan fingerprint density at radius 3 is 2.31 bits per heavy atom. The number of cyclic esters (lactones) is 2. The third kappa shape index (κ3) is 3.04. The summed E-state index contributed by atoms with van der Waals surface area (Å²) in [5, 5.41) is 0. The van der Waals surface area contributed by atoms with Gasteiger partial charge in [-0.3, -0.25) is 0 Å². The van der Waals surface area contributed by atoms with Crippen LogP contribution < -0.4 is 0 Å². The second kappa shape index (κ2) is 6.61. The topological polar surface area (TPSA) is 88.1 Å². The van der Waals surface area contributed by atoms with E-state index in [4.69, 9.17) is 18.9 Å². The van der Waals surface area contributed by atoms with Crippen LogP contribution in [-0.2, 0) is 38.8 Å². The Kier molecular flexibility index (Phi) is 4.14. The van der Waals surface area contributed by atoms with Gasteiger partial charge in [-0.2, -0.15) is 0 Å². The Hall–Kier alpha value is -3.19. The third-order valence-electron chi connectivity index (χ3n) is 4.21. The Bertz CT molecular complexity index is 916. The smallest absolute Gasteiger partial charge is 0.340 e. The van der Waals surface area contributed by atoms with E-state index < -0.39 is 5.97 Å². The number of hydrogen-bond donors (Lipinski definition) is 0. The predicted octanol–water partition coefficient (Wildman–Crippen LogP) is 2.36. The van der Waals surface area contributed by atoms with Gasteiger partial charge in [-0.1, -0.05) is 6.07 Å². The number of carbonyl (C=O) groups excluding carboxylic acids is 3. The van der Waals surface area contributed by atoms with Crippen LogP contribution in [0, 0.1) is 0 Å². The van der Waals surface area contributed by atoms with Crippen molar-refractivity contribution in [1.29, 1.82) is 0 Å². The minimum Gasteiger partial charge on any atom is -0.457 e. The molecule has 0 radical (unpaired) electrons. The van der Waals surface area contributed by atoms with Crippen molar-refractivity contribution in [2.45, 2.75) is 19.8 Å². The van der Waals surface area contributed by atoms with Gasteiger partial charge in [0, 0.05) is 11.1 Å². The molecule has 0 unspecified atom stereocenters. The van der Waals surface area contributed by atoms with Gasteiger partial charge in [0.2, 0.25) is 0 Å². The van der Waals surface area contributed by atoms with E-state index in [1.54, 1.807) is 24.3 Å². The van der Waals surface area contributed by atoms with Crippen LogP contribution in [0.4, 0.5) is 0 Å². The quantitative estimate of drug-likeness (QED) is 0.352. The lowest BCUT2D eigenvalue weighted by molar-refractivity contribution is -0.0381. The molecular formula is C19H14O7. The fourth-order valence-electron chi connectivity index (χ4n) is 2.87. The van der Waals surface area contributed by atoms with E-state index in [1.807, 2.05) is 6.07 Å². The highest BCUT2D eigenvalue weighted by Gasteiger charge is 2.23. The van der Waals surface area contributed by atoms with Crippen molar-refractivity contribution in [1.82, 2.24) is 0 Å². The lowest BCUT2D eigenvalue weighted by Crippen LogP contribution is -2.09. The molecule has 2 aliphatic heterocycles. The normalized spacial score (nSPS) is 14.5. The number of rotatable bonds is 5. The SMILES string of the molecule is O=C(OCOCc1ccc2c(c1)COC2=O)c1ccc2c(c1)COC2=O. The van der Waals surface area contributed by atoms with E-state index in [2.05, 4.69) is 0 Å². The summed E-state index contributed by atoms with van der Waals surface area (Å²) in [6.07, 6.45) is 0. The Morgan fingerprint density at radius 1 is 0.923 bits per heavy atom. The summed E-state index contributed by atoms with van der Waals surface area (Å²) in [6.45, 7) is 0.455. The molecule has 7 nitrogen and oxygen atoms in total. The zero-order valence-corrected chi connectivity index (χ0v) is 13.7. The first-order chi connectivity index (χ1) is 12.6. The highest BCUT2D eigenvalue weighted by molar-refractivity contribution is 5.96. The summed E-state index contributed by atoms with van der Waals surface area (Å²) in [7, 11) is 0. The van der Waals surface area contributed by atoms with Crippen molar-refractivity contribution < 1.29 is 33.3 Å². The van der Waals surface area contributed by atoms with E-state index in [-0.39, 0.29) is 38.6 Å². The van der Waals surface area contributed by atoms with Crippen LogP contribution in [0.1, 0.15) is 47.8 Å². The zero-order chi connectivity index (χ0) is 18.1. The van der Waals surface area contributed by atoms with E-state index in [9.17, 15) is 14.4 Å². The average Bonchev–Trinajstić information content (AvgIpc) is 3.21. The molecule has 0 saturated heterocycles. The van der Waals surface area contributed by atoms with Crippen LogP contribution in [0.15, 0.2) is 36.4 Å². The van der Waals surface area contributed by atoms with Crippen molar-refractivity contribution in [3.63, 3.8) is 0 Å². The van der Waals surface area contributed by atoms with Crippen molar-refractivity contribution in [3.05, 3.63) is 69.8 Å². The average molecular weight is 354 g/mol. The van der Waals surface area contributed by atoms with Gasteiger partial charge in [0.1, 0.15) is 13.2 Å². The molecule has 2 aromatic carbocycles. The fraction of sp³-hybridized carbons (Fsp3) is 0.211. The molecule has 0 bridgehead atoms. The summed E-state index contributed by atoms with van der Waals surface area (Å²) in [6, 6.07) is 9.95. The molecule has 26 heavy (non-hydrogen) atoms. The Morgan fingerprint density at radius 2 is 1.58 bits per heavy atom.